The van der Waals surface area contributed by atoms with Crippen LogP contribution >= 0.6 is 0 Å². The highest BCUT2D eigenvalue weighted by Crippen LogP contribution is 2.26. The first-order valence-corrected chi connectivity index (χ1v) is 7.17. The standard InChI is InChI=1S/C14H27NO/c1-3-13-10-12(8-9-16-13)15-14-7-5-4-6-11(14)2/h11-15H,3-10H2,1-2H3. The molecule has 1 saturated heterocycles. The van der Waals surface area contributed by atoms with Crippen LogP contribution in [0.1, 0.15) is 58.8 Å². The summed E-state index contributed by atoms with van der Waals surface area (Å²) in [5.41, 5.74) is 0. The van der Waals surface area contributed by atoms with Crippen molar-refractivity contribution in [2.24, 2.45) is 5.92 Å². The van der Waals surface area contributed by atoms with Crippen LogP contribution in [0.3, 0.4) is 0 Å². The number of ether oxygens (including phenoxy) is 1. The fourth-order valence-corrected chi connectivity index (χ4v) is 3.18. The van der Waals surface area contributed by atoms with E-state index in [-0.39, 0.29) is 0 Å². The van der Waals surface area contributed by atoms with Gasteiger partial charge in [-0.05, 0) is 38.0 Å². The first-order chi connectivity index (χ1) is 7.79. The number of nitrogens with one attached hydrogen (secondary N) is 1. The average Bonchev–Trinajstić information content (AvgIpc) is 2.32. The van der Waals surface area contributed by atoms with Gasteiger partial charge in [-0.2, -0.15) is 0 Å². The normalized spacial score (nSPS) is 40.9. The zero-order chi connectivity index (χ0) is 11.4. The summed E-state index contributed by atoms with van der Waals surface area (Å²) in [6.45, 7) is 5.60. The van der Waals surface area contributed by atoms with Crippen LogP contribution in [0.25, 0.3) is 0 Å². The van der Waals surface area contributed by atoms with Crippen molar-refractivity contribution in [2.45, 2.75) is 77.0 Å². The molecule has 0 amide bonds. The highest BCUT2D eigenvalue weighted by Gasteiger charge is 2.27. The van der Waals surface area contributed by atoms with Crippen molar-refractivity contribution >= 4 is 0 Å². The van der Waals surface area contributed by atoms with Gasteiger partial charge in [-0.3, -0.25) is 0 Å². The summed E-state index contributed by atoms with van der Waals surface area (Å²) in [6, 6.07) is 1.48. The molecular weight excluding hydrogens is 198 g/mol. The monoisotopic (exact) mass is 225 g/mol. The Morgan fingerprint density at radius 1 is 1.19 bits per heavy atom. The van der Waals surface area contributed by atoms with Gasteiger partial charge < -0.3 is 10.1 Å². The molecule has 2 heteroatoms. The van der Waals surface area contributed by atoms with Gasteiger partial charge in [-0.1, -0.05) is 26.7 Å². The highest BCUT2D eigenvalue weighted by atomic mass is 16.5. The molecule has 0 radical (unpaired) electrons. The smallest absolute Gasteiger partial charge is 0.0587 e. The Hall–Kier alpha value is -0.0800. The van der Waals surface area contributed by atoms with Crippen LogP contribution in [0.4, 0.5) is 0 Å². The maximum Gasteiger partial charge on any atom is 0.0587 e. The Morgan fingerprint density at radius 2 is 2.00 bits per heavy atom. The minimum atomic E-state index is 0.505. The van der Waals surface area contributed by atoms with E-state index in [9.17, 15) is 0 Å². The average molecular weight is 225 g/mol. The zero-order valence-corrected chi connectivity index (χ0v) is 10.9. The van der Waals surface area contributed by atoms with E-state index in [1.165, 1.54) is 44.9 Å². The molecule has 2 nitrogen and oxygen atoms in total. The van der Waals surface area contributed by atoms with Crippen molar-refractivity contribution in [2.75, 3.05) is 6.61 Å². The Labute approximate surface area is 100 Å². The summed E-state index contributed by atoms with van der Waals surface area (Å²) in [5, 5.41) is 3.89. The van der Waals surface area contributed by atoms with Crippen molar-refractivity contribution < 1.29 is 4.74 Å². The van der Waals surface area contributed by atoms with E-state index in [1.54, 1.807) is 0 Å². The van der Waals surface area contributed by atoms with E-state index in [4.69, 9.17) is 4.74 Å². The summed E-state index contributed by atoms with van der Waals surface area (Å²) < 4.78 is 5.73. The molecule has 1 aliphatic carbocycles. The molecule has 16 heavy (non-hydrogen) atoms. The molecule has 1 saturated carbocycles. The van der Waals surface area contributed by atoms with E-state index in [2.05, 4.69) is 19.2 Å². The zero-order valence-electron chi connectivity index (χ0n) is 10.9. The first kappa shape index (κ1) is 12.4. The van der Waals surface area contributed by atoms with Gasteiger partial charge in [-0.15, -0.1) is 0 Å². The van der Waals surface area contributed by atoms with E-state index < -0.39 is 0 Å². The van der Waals surface area contributed by atoms with Gasteiger partial charge in [0, 0.05) is 18.7 Å². The molecule has 94 valence electrons. The van der Waals surface area contributed by atoms with Gasteiger partial charge in [-0.25, -0.2) is 0 Å². The summed E-state index contributed by atoms with van der Waals surface area (Å²) in [5.74, 6) is 0.872. The van der Waals surface area contributed by atoms with Crippen molar-refractivity contribution in [3.63, 3.8) is 0 Å². The van der Waals surface area contributed by atoms with Crippen LogP contribution in [0.15, 0.2) is 0 Å². The second kappa shape index (κ2) is 6.02. The molecule has 2 fully saturated rings. The van der Waals surface area contributed by atoms with Gasteiger partial charge in [0.25, 0.3) is 0 Å². The maximum atomic E-state index is 5.73. The van der Waals surface area contributed by atoms with Crippen molar-refractivity contribution in [1.82, 2.24) is 5.32 Å². The Morgan fingerprint density at radius 3 is 2.75 bits per heavy atom. The quantitative estimate of drug-likeness (QED) is 0.797. The summed E-state index contributed by atoms with van der Waals surface area (Å²) in [6.07, 6.45) is 9.75. The molecule has 1 N–H and O–H groups in total. The second-order valence-corrected chi connectivity index (χ2v) is 5.66. The Balaban J connectivity index is 1.79. The molecule has 0 spiro atoms. The maximum absolute atomic E-state index is 5.73. The lowest BCUT2D eigenvalue weighted by Gasteiger charge is -2.36. The molecule has 0 aromatic carbocycles. The predicted molar refractivity (Wildman–Crippen MR) is 67.6 cm³/mol. The van der Waals surface area contributed by atoms with Crippen molar-refractivity contribution in [3.8, 4) is 0 Å². The van der Waals surface area contributed by atoms with E-state index in [0.29, 0.717) is 12.1 Å². The van der Waals surface area contributed by atoms with Crippen molar-refractivity contribution in [3.05, 3.63) is 0 Å². The third-order valence-electron chi connectivity index (χ3n) is 4.38. The first-order valence-electron chi connectivity index (χ1n) is 7.17. The van der Waals surface area contributed by atoms with Crippen molar-refractivity contribution in [1.29, 1.82) is 0 Å². The van der Waals surface area contributed by atoms with Gasteiger partial charge in [0.05, 0.1) is 6.10 Å². The molecule has 4 unspecified atom stereocenters. The van der Waals surface area contributed by atoms with Crippen LogP contribution in [0.5, 0.6) is 0 Å². The van der Waals surface area contributed by atoms with Crippen LogP contribution in [-0.2, 0) is 4.74 Å². The third-order valence-corrected chi connectivity index (χ3v) is 4.38. The molecule has 0 bridgehead atoms. The predicted octanol–water partition coefficient (Wildman–Crippen LogP) is 3.11. The second-order valence-electron chi connectivity index (χ2n) is 5.66. The van der Waals surface area contributed by atoms with Gasteiger partial charge in [0.15, 0.2) is 0 Å². The number of rotatable bonds is 3. The fraction of sp³-hybridized carbons (Fsp3) is 1.00. The molecule has 0 aromatic heterocycles. The minimum absolute atomic E-state index is 0.505. The van der Waals surface area contributed by atoms with Crippen LogP contribution in [0, 0.1) is 5.92 Å². The van der Waals surface area contributed by atoms with Crippen LogP contribution in [-0.4, -0.2) is 24.8 Å². The number of hydrogen-bond donors (Lipinski definition) is 1. The summed E-state index contributed by atoms with van der Waals surface area (Å²) >= 11 is 0. The Kier molecular flexibility index (Phi) is 4.66. The number of hydrogen-bond acceptors (Lipinski definition) is 2. The lowest BCUT2D eigenvalue weighted by Crippen LogP contribution is -2.47. The minimum Gasteiger partial charge on any atom is -0.378 e. The summed E-state index contributed by atoms with van der Waals surface area (Å²) in [7, 11) is 0. The topological polar surface area (TPSA) is 21.3 Å². The highest BCUT2D eigenvalue weighted by molar-refractivity contribution is 4.84. The largest absolute Gasteiger partial charge is 0.378 e. The molecule has 0 aromatic rings. The fourth-order valence-electron chi connectivity index (χ4n) is 3.18. The SMILES string of the molecule is CCC1CC(NC2CCCCC2C)CCO1. The molecule has 1 heterocycles. The summed E-state index contributed by atoms with van der Waals surface area (Å²) in [4.78, 5) is 0. The van der Waals surface area contributed by atoms with Gasteiger partial charge >= 0.3 is 0 Å². The molecule has 4 atom stereocenters. The van der Waals surface area contributed by atoms with E-state index in [0.717, 1.165) is 18.6 Å². The van der Waals surface area contributed by atoms with E-state index >= 15 is 0 Å². The van der Waals surface area contributed by atoms with Crippen LogP contribution < -0.4 is 5.32 Å². The van der Waals surface area contributed by atoms with Gasteiger partial charge in [0.1, 0.15) is 0 Å². The lowest BCUT2D eigenvalue weighted by atomic mass is 9.85. The molecule has 2 aliphatic rings. The van der Waals surface area contributed by atoms with Crippen LogP contribution in [0.2, 0.25) is 0 Å². The molecule has 1 aliphatic heterocycles. The lowest BCUT2D eigenvalue weighted by molar-refractivity contribution is -0.00409. The van der Waals surface area contributed by atoms with Gasteiger partial charge in [0.2, 0.25) is 0 Å². The Bertz CT molecular complexity index is 207. The van der Waals surface area contributed by atoms with E-state index in [1.807, 2.05) is 0 Å². The molecule has 2 rings (SSSR count). The molecular formula is C14H27NO. The third kappa shape index (κ3) is 3.21.